The molecule has 0 atom stereocenters. The number of rotatable bonds is 1. The van der Waals surface area contributed by atoms with Gasteiger partial charge in [-0.05, 0) is 0 Å². The van der Waals surface area contributed by atoms with Gasteiger partial charge in [-0.2, -0.15) is 0 Å². The van der Waals surface area contributed by atoms with E-state index in [2.05, 4.69) is 11.2 Å². The zero-order valence-corrected chi connectivity index (χ0v) is 7.15. The molecule has 5 heteroatoms. The SMILES string of the molecule is C#CC(=O)O.COC.OCCO. The zero-order valence-electron chi connectivity index (χ0n) is 7.15. The molecule has 5 nitrogen and oxygen atoms in total. The summed E-state index contributed by atoms with van der Waals surface area (Å²) in [5.74, 6) is 0.227. The standard InChI is InChI=1S/C3H2O2.C2H6O2.C2H6O/c1-2-3(4)5;3-1-2-4;1-3-2/h1H,(H,4,5);3-4H,1-2H2;1-2H3. The second kappa shape index (κ2) is 22.5. The van der Waals surface area contributed by atoms with Gasteiger partial charge in [0.25, 0.3) is 0 Å². The van der Waals surface area contributed by atoms with Crippen molar-refractivity contribution in [1.82, 2.24) is 0 Å². The lowest BCUT2D eigenvalue weighted by Crippen LogP contribution is -1.85. The summed E-state index contributed by atoms with van der Waals surface area (Å²) in [5, 5.41) is 22.7. The Hall–Kier alpha value is -1.09. The normalized spacial score (nSPS) is 6.25. The first-order valence-electron chi connectivity index (χ1n) is 2.92. The Morgan fingerprint density at radius 3 is 1.58 bits per heavy atom. The van der Waals surface area contributed by atoms with Gasteiger partial charge in [-0.25, -0.2) is 4.79 Å². The van der Waals surface area contributed by atoms with Gasteiger partial charge in [-0.15, -0.1) is 6.42 Å². The van der Waals surface area contributed by atoms with Crippen LogP contribution in [0.1, 0.15) is 0 Å². The van der Waals surface area contributed by atoms with Gasteiger partial charge in [0.05, 0.1) is 13.2 Å². The average Bonchev–Trinajstić information content (AvgIpc) is 2.06. The molecule has 0 aliphatic rings. The number of methoxy groups -OCH3 is 1. The van der Waals surface area contributed by atoms with Crippen LogP contribution in [0, 0.1) is 12.3 Å². The molecule has 0 aromatic heterocycles. The Kier molecular flexibility index (Phi) is 32.1. The summed E-state index contributed by atoms with van der Waals surface area (Å²) in [4.78, 5) is 9.13. The van der Waals surface area contributed by atoms with Crippen LogP contribution in [-0.4, -0.2) is 48.7 Å². The molecule has 72 valence electrons. The van der Waals surface area contributed by atoms with Gasteiger partial charge in [0.15, 0.2) is 0 Å². The second-order valence-electron chi connectivity index (χ2n) is 1.30. The molecule has 0 amide bonds. The molecular weight excluding hydrogens is 164 g/mol. The highest BCUT2D eigenvalue weighted by Crippen LogP contribution is 1.44. The van der Waals surface area contributed by atoms with E-state index >= 15 is 0 Å². The first-order chi connectivity index (χ1) is 5.60. The van der Waals surface area contributed by atoms with Crippen molar-refractivity contribution in [3.05, 3.63) is 0 Å². The Bertz CT molecular complexity index is 113. The predicted octanol–water partition coefficient (Wildman–Crippen LogP) is -1.06. The number of terminal acetylenes is 1. The molecule has 0 aromatic rings. The lowest BCUT2D eigenvalue weighted by molar-refractivity contribution is -0.130. The van der Waals surface area contributed by atoms with Crippen LogP contribution in [0.2, 0.25) is 0 Å². The first kappa shape index (κ1) is 17.1. The van der Waals surface area contributed by atoms with Crippen molar-refractivity contribution in [2.24, 2.45) is 0 Å². The van der Waals surface area contributed by atoms with E-state index in [-0.39, 0.29) is 13.2 Å². The van der Waals surface area contributed by atoms with E-state index in [0.717, 1.165) is 0 Å². The van der Waals surface area contributed by atoms with Crippen LogP contribution in [0.4, 0.5) is 0 Å². The fraction of sp³-hybridized carbons (Fsp3) is 0.571. The quantitative estimate of drug-likeness (QED) is 0.445. The maximum atomic E-state index is 9.13. The summed E-state index contributed by atoms with van der Waals surface area (Å²) in [7, 11) is 3.25. The van der Waals surface area contributed by atoms with E-state index in [1.807, 2.05) is 0 Å². The van der Waals surface area contributed by atoms with Crippen LogP contribution in [0.25, 0.3) is 0 Å². The smallest absolute Gasteiger partial charge is 0.381 e. The molecule has 0 aliphatic carbocycles. The van der Waals surface area contributed by atoms with Gasteiger partial charge in [0.1, 0.15) is 0 Å². The van der Waals surface area contributed by atoms with E-state index < -0.39 is 5.97 Å². The van der Waals surface area contributed by atoms with Crippen LogP contribution in [0.3, 0.4) is 0 Å². The summed E-state index contributed by atoms with van der Waals surface area (Å²) < 4.78 is 4.25. The van der Waals surface area contributed by atoms with Gasteiger partial charge < -0.3 is 20.1 Å². The molecule has 0 aromatic carbocycles. The van der Waals surface area contributed by atoms with Crippen molar-refractivity contribution in [3.8, 4) is 12.3 Å². The van der Waals surface area contributed by atoms with Crippen molar-refractivity contribution in [3.63, 3.8) is 0 Å². The Balaban J connectivity index is -0.000000105. The number of hydrogen-bond acceptors (Lipinski definition) is 4. The monoisotopic (exact) mass is 178 g/mol. The number of aliphatic carboxylic acids is 1. The lowest BCUT2D eigenvalue weighted by atomic mass is 10.7. The minimum absolute atomic E-state index is 0.125. The molecule has 12 heavy (non-hydrogen) atoms. The molecule has 0 fully saturated rings. The summed E-state index contributed by atoms with van der Waals surface area (Å²) in [6.07, 6.45) is 4.32. The maximum absolute atomic E-state index is 9.13. The van der Waals surface area contributed by atoms with E-state index in [4.69, 9.17) is 20.1 Å². The maximum Gasteiger partial charge on any atom is 0.381 e. The van der Waals surface area contributed by atoms with Crippen molar-refractivity contribution in [2.45, 2.75) is 0 Å². The van der Waals surface area contributed by atoms with Crippen molar-refractivity contribution < 1.29 is 24.9 Å². The highest BCUT2D eigenvalue weighted by Gasteiger charge is 1.74. The molecule has 0 spiro atoms. The third kappa shape index (κ3) is 153. The lowest BCUT2D eigenvalue weighted by Gasteiger charge is -1.70. The molecule has 0 rings (SSSR count). The fourth-order valence-electron chi connectivity index (χ4n) is 0. The number of carboxylic acid groups (broad SMARTS) is 1. The van der Waals surface area contributed by atoms with E-state index in [1.54, 1.807) is 14.2 Å². The van der Waals surface area contributed by atoms with Gasteiger partial charge in [0, 0.05) is 20.1 Å². The average molecular weight is 178 g/mol. The molecule has 0 bridgehead atoms. The molecule has 0 radical (unpaired) electrons. The first-order valence-corrected chi connectivity index (χ1v) is 2.92. The third-order valence-electron chi connectivity index (χ3n) is 0.223. The molecule has 0 saturated heterocycles. The van der Waals surface area contributed by atoms with Crippen molar-refractivity contribution in [2.75, 3.05) is 27.4 Å². The number of carboxylic acids is 1. The summed E-state index contributed by atoms with van der Waals surface area (Å²) in [5.41, 5.74) is 0. The number of hydrogen-bond donors (Lipinski definition) is 3. The molecule has 0 aliphatic heterocycles. The van der Waals surface area contributed by atoms with Crippen LogP contribution in [0.15, 0.2) is 0 Å². The van der Waals surface area contributed by atoms with Crippen LogP contribution >= 0.6 is 0 Å². The summed E-state index contributed by atoms with van der Waals surface area (Å²) in [6.45, 7) is -0.250. The van der Waals surface area contributed by atoms with Gasteiger partial charge >= 0.3 is 5.97 Å². The summed E-state index contributed by atoms with van der Waals surface area (Å²) in [6, 6.07) is 0. The molecule has 3 N–H and O–H groups in total. The van der Waals surface area contributed by atoms with Crippen LogP contribution < -0.4 is 0 Å². The van der Waals surface area contributed by atoms with E-state index in [1.165, 1.54) is 5.92 Å². The van der Waals surface area contributed by atoms with Crippen molar-refractivity contribution >= 4 is 5.97 Å². The van der Waals surface area contributed by atoms with E-state index in [0.29, 0.717) is 0 Å². The van der Waals surface area contributed by atoms with Crippen LogP contribution in [0.5, 0.6) is 0 Å². The van der Waals surface area contributed by atoms with Gasteiger partial charge in [-0.3, -0.25) is 0 Å². The topological polar surface area (TPSA) is 87.0 Å². The Morgan fingerprint density at radius 1 is 1.42 bits per heavy atom. The second-order valence-corrected chi connectivity index (χ2v) is 1.30. The number of aliphatic hydroxyl groups excluding tert-OH is 2. The van der Waals surface area contributed by atoms with Crippen LogP contribution in [-0.2, 0) is 9.53 Å². The largest absolute Gasteiger partial charge is 0.472 e. The number of ether oxygens (including phenoxy) is 1. The minimum atomic E-state index is -1.22. The van der Waals surface area contributed by atoms with Gasteiger partial charge in [-0.1, -0.05) is 0 Å². The van der Waals surface area contributed by atoms with Gasteiger partial charge in [0.2, 0.25) is 0 Å². The number of aliphatic hydroxyl groups is 2. The zero-order chi connectivity index (χ0) is 10.4. The fourth-order valence-corrected chi connectivity index (χ4v) is 0. The number of carbonyl (C=O) groups is 1. The molecule has 0 unspecified atom stereocenters. The third-order valence-corrected chi connectivity index (χ3v) is 0.223. The van der Waals surface area contributed by atoms with E-state index in [9.17, 15) is 0 Å². The highest BCUT2D eigenvalue weighted by atomic mass is 16.4. The Morgan fingerprint density at radius 2 is 1.58 bits per heavy atom. The molecular formula is C7H14O5. The molecule has 0 saturated carbocycles. The van der Waals surface area contributed by atoms with Crippen molar-refractivity contribution in [1.29, 1.82) is 0 Å². The molecule has 0 heterocycles. The minimum Gasteiger partial charge on any atom is -0.472 e. The Labute approximate surface area is 71.6 Å². The summed E-state index contributed by atoms with van der Waals surface area (Å²) >= 11 is 0. The predicted molar refractivity (Wildman–Crippen MR) is 43.6 cm³/mol. The highest BCUT2D eigenvalue weighted by molar-refractivity contribution is 5.85.